The Bertz CT molecular complexity index is 331. The van der Waals surface area contributed by atoms with Crippen molar-refractivity contribution in [3.05, 3.63) is 18.2 Å². The summed E-state index contributed by atoms with van der Waals surface area (Å²) in [6.07, 6.45) is 0.977. The van der Waals surface area contributed by atoms with E-state index in [1.807, 2.05) is 25.1 Å². The monoisotopic (exact) mass is 241 g/mol. The van der Waals surface area contributed by atoms with Crippen LogP contribution in [0.2, 0.25) is 0 Å². The van der Waals surface area contributed by atoms with Gasteiger partial charge in [-0.05, 0) is 18.6 Å². The van der Waals surface area contributed by atoms with E-state index in [-0.39, 0.29) is 11.9 Å². The van der Waals surface area contributed by atoms with Gasteiger partial charge in [0.25, 0.3) is 0 Å². The third-order valence-corrected chi connectivity index (χ3v) is 3.03. The van der Waals surface area contributed by atoms with Crippen LogP contribution in [0.15, 0.2) is 23.1 Å². The molecule has 1 aromatic rings. The van der Waals surface area contributed by atoms with Crippen LogP contribution in [0.3, 0.4) is 0 Å². The van der Waals surface area contributed by atoms with Crippen molar-refractivity contribution in [1.29, 1.82) is 0 Å². The van der Waals surface area contributed by atoms with Gasteiger partial charge in [-0.3, -0.25) is 0 Å². The topological polar surface area (TPSA) is 55.5 Å². The molecule has 0 aliphatic heterocycles. The van der Waals surface area contributed by atoms with E-state index in [0.29, 0.717) is 12.3 Å². The summed E-state index contributed by atoms with van der Waals surface area (Å²) in [6, 6.07) is 5.68. The Balaban J connectivity index is 2.73. The lowest BCUT2D eigenvalue weighted by Gasteiger charge is -2.11. The van der Waals surface area contributed by atoms with E-state index >= 15 is 0 Å². The van der Waals surface area contributed by atoms with Gasteiger partial charge < -0.3 is 15.6 Å². The van der Waals surface area contributed by atoms with Crippen LogP contribution in [0.5, 0.6) is 5.75 Å². The predicted octanol–water partition coefficient (Wildman–Crippen LogP) is 2.53. The molecule has 0 saturated carbocycles. The Morgan fingerprint density at radius 2 is 2.19 bits per heavy atom. The Labute approximate surface area is 101 Å². The number of hydrogen-bond acceptors (Lipinski definition) is 4. The number of nitrogens with two attached hydrogens (primary N) is 1. The number of rotatable bonds is 6. The number of hydrogen-bond donors (Lipinski definition) is 2. The molecule has 0 bridgehead atoms. The van der Waals surface area contributed by atoms with Crippen LogP contribution in [0.25, 0.3) is 0 Å². The average molecular weight is 241 g/mol. The molecule has 1 aromatic carbocycles. The Morgan fingerprint density at radius 3 is 2.81 bits per heavy atom. The second-order valence-corrected chi connectivity index (χ2v) is 5.21. The lowest BCUT2D eigenvalue weighted by molar-refractivity contribution is 0.300. The van der Waals surface area contributed by atoms with Crippen molar-refractivity contribution in [1.82, 2.24) is 0 Å². The van der Waals surface area contributed by atoms with Gasteiger partial charge in [-0.15, -0.1) is 11.8 Å². The van der Waals surface area contributed by atoms with E-state index in [9.17, 15) is 0 Å². The summed E-state index contributed by atoms with van der Waals surface area (Å²) in [6.45, 7) is 4.89. The smallest absolute Gasteiger partial charge is 0.122 e. The maximum atomic E-state index is 8.99. The zero-order valence-electron chi connectivity index (χ0n) is 9.77. The molecule has 0 aromatic heterocycles. The van der Waals surface area contributed by atoms with Crippen LogP contribution >= 0.6 is 11.8 Å². The van der Waals surface area contributed by atoms with Crippen LogP contribution in [0, 0.1) is 0 Å². The molecule has 16 heavy (non-hydrogen) atoms. The van der Waals surface area contributed by atoms with E-state index in [2.05, 4.69) is 6.92 Å². The Morgan fingerprint density at radius 1 is 1.44 bits per heavy atom. The molecule has 0 aliphatic rings. The van der Waals surface area contributed by atoms with Crippen molar-refractivity contribution in [2.75, 3.05) is 18.9 Å². The van der Waals surface area contributed by atoms with E-state index in [1.54, 1.807) is 11.8 Å². The molecule has 3 N–H and O–H groups in total. The van der Waals surface area contributed by atoms with Crippen molar-refractivity contribution < 1.29 is 9.84 Å². The van der Waals surface area contributed by atoms with Gasteiger partial charge in [0, 0.05) is 21.9 Å². The van der Waals surface area contributed by atoms with Gasteiger partial charge >= 0.3 is 0 Å². The minimum Gasteiger partial charge on any atom is -0.493 e. The molecule has 3 nitrogen and oxygen atoms in total. The molecule has 0 fully saturated rings. The van der Waals surface area contributed by atoms with E-state index in [4.69, 9.17) is 15.6 Å². The molecule has 90 valence electrons. The van der Waals surface area contributed by atoms with Gasteiger partial charge in [-0.1, -0.05) is 13.8 Å². The summed E-state index contributed by atoms with van der Waals surface area (Å²) >= 11 is 1.60. The third-order valence-electron chi connectivity index (χ3n) is 1.97. The lowest BCUT2D eigenvalue weighted by Crippen LogP contribution is -2.02. The number of aliphatic hydroxyl groups is 1. The van der Waals surface area contributed by atoms with Gasteiger partial charge in [-0.2, -0.15) is 0 Å². The Kier molecular flexibility index (Phi) is 5.49. The molecule has 0 radical (unpaired) electrons. The van der Waals surface area contributed by atoms with Crippen molar-refractivity contribution >= 4 is 17.4 Å². The molecule has 1 atom stereocenters. The predicted molar refractivity (Wildman–Crippen MR) is 69.0 cm³/mol. The quantitative estimate of drug-likeness (QED) is 0.593. The summed E-state index contributed by atoms with van der Waals surface area (Å²) in [5, 5.41) is 9.16. The molecule has 0 saturated heterocycles. The van der Waals surface area contributed by atoms with Crippen LogP contribution in [0.1, 0.15) is 20.3 Å². The summed E-state index contributed by atoms with van der Waals surface area (Å²) < 4.78 is 5.54. The number of anilines is 1. The standard InChI is InChI=1S/C12H19NO2S/c1-3-4-15-11-5-10(13)6-12(7-11)16-9(2)8-14/h5-7,9,14H,3-4,8,13H2,1-2H3. The first kappa shape index (κ1) is 13.2. The zero-order chi connectivity index (χ0) is 12.0. The highest BCUT2D eigenvalue weighted by molar-refractivity contribution is 8.00. The fourth-order valence-electron chi connectivity index (χ4n) is 1.23. The van der Waals surface area contributed by atoms with Gasteiger partial charge in [0.05, 0.1) is 13.2 Å². The summed E-state index contributed by atoms with van der Waals surface area (Å²) in [5.74, 6) is 0.800. The first-order valence-corrected chi connectivity index (χ1v) is 6.34. The number of benzene rings is 1. The molecule has 4 heteroatoms. The fourth-order valence-corrected chi connectivity index (χ4v) is 2.16. The largest absolute Gasteiger partial charge is 0.493 e. The summed E-state index contributed by atoms with van der Waals surface area (Å²) in [4.78, 5) is 1.03. The van der Waals surface area contributed by atoms with Crippen molar-refractivity contribution in [3.63, 3.8) is 0 Å². The van der Waals surface area contributed by atoms with Crippen LogP contribution < -0.4 is 10.5 Å². The minimum atomic E-state index is 0.157. The van der Waals surface area contributed by atoms with Crippen LogP contribution in [0.4, 0.5) is 5.69 Å². The first-order chi connectivity index (χ1) is 7.65. The van der Waals surface area contributed by atoms with E-state index in [1.165, 1.54) is 0 Å². The van der Waals surface area contributed by atoms with Gasteiger partial charge in [-0.25, -0.2) is 0 Å². The van der Waals surface area contributed by atoms with Gasteiger partial charge in [0.2, 0.25) is 0 Å². The molecule has 0 heterocycles. The molecular formula is C12H19NO2S. The zero-order valence-corrected chi connectivity index (χ0v) is 10.6. The minimum absolute atomic E-state index is 0.157. The normalized spacial score (nSPS) is 12.4. The summed E-state index contributed by atoms with van der Waals surface area (Å²) in [5.41, 5.74) is 6.49. The van der Waals surface area contributed by atoms with Crippen LogP contribution in [-0.4, -0.2) is 23.6 Å². The lowest BCUT2D eigenvalue weighted by atomic mass is 10.3. The highest BCUT2D eigenvalue weighted by atomic mass is 32.2. The van der Waals surface area contributed by atoms with E-state index < -0.39 is 0 Å². The number of ether oxygens (including phenoxy) is 1. The molecule has 1 rings (SSSR count). The fraction of sp³-hybridized carbons (Fsp3) is 0.500. The second kappa shape index (κ2) is 6.66. The molecule has 0 spiro atoms. The van der Waals surface area contributed by atoms with Crippen LogP contribution in [-0.2, 0) is 0 Å². The van der Waals surface area contributed by atoms with Crippen molar-refractivity contribution in [2.45, 2.75) is 30.4 Å². The number of thioether (sulfide) groups is 1. The average Bonchev–Trinajstić information content (AvgIpc) is 2.25. The highest BCUT2D eigenvalue weighted by Gasteiger charge is 2.05. The maximum Gasteiger partial charge on any atom is 0.122 e. The SMILES string of the molecule is CCCOc1cc(N)cc(SC(C)CO)c1. The molecule has 0 amide bonds. The van der Waals surface area contributed by atoms with Gasteiger partial charge in [0.1, 0.15) is 5.75 Å². The Hall–Kier alpha value is -0.870. The van der Waals surface area contributed by atoms with Crippen molar-refractivity contribution in [2.24, 2.45) is 0 Å². The second-order valence-electron chi connectivity index (χ2n) is 3.70. The first-order valence-electron chi connectivity index (χ1n) is 5.46. The van der Waals surface area contributed by atoms with Crippen molar-refractivity contribution in [3.8, 4) is 5.75 Å². The third kappa shape index (κ3) is 4.33. The maximum absolute atomic E-state index is 8.99. The number of aliphatic hydroxyl groups excluding tert-OH is 1. The molecular weight excluding hydrogens is 222 g/mol. The molecule has 0 aliphatic carbocycles. The van der Waals surface area contributed by atoms with Gasteiger partial charge in [0.15, 0.2) is 0 Å². The summed E-state index contributed by atoms with van der Waals surface area (Å²) in [7, 11) is 0. The van der Waals surface area contributed by atoms with E-state index in [0.717, 1.165) is 17.1 Å². The molecule has 1 unspecified atom stereocenters. The number of nitrogen functional groups attached to an aromatic ring is 1. The highest BCUT2D eigenvalue weighted by Crippen LogP contribution is 2.29.